The third kappa shape index (κ3) is 4.37. The topological polar surface area (TPSA) is 106 Å². The number of nitrogens with one attached hydrogen (secondary N) is 2. The summed E-state index contributed by atoms with van der Waals surface area (Å²) in [5, 5.41) is 10.9. The minimum atomic E-state index is -3.80. The van der Waals surface area contributed by atoms with Crippen LogP contribution in [0.5, 0.6) is 5.75 Å². The fourth-order valence-electron chi connectivity index (χ4n) is 2.54. The number of hydrogen-bond acceptors (Lipinski definition) is 7. The molecule has 0 fully saturated rings. The van der Waals surface area contributed by atoms with Crippen LogP contribution in [0.25, 0.3) is 0 Å². The molecule has 2 N–H and O–H groups in total. The van der Waals surface area contributed by atoms with Gasteiger partial charge in [0.15, 0.2) is 5.82 Å². The highest BCUT2D eigenvalue weighted by atomic mass is 32.2. The maximum absolute atomic E-state index is 12.7. The molecule has 0 bridgehead atoms. The van der Waals surface area contributed by atoms with E-state index in [1.54, 1.807) is 57.6 Å². The number of aryl methyl sites for hydroxylation is 2. The molecule has 9 heteroatoms. The fraction of sp³-hybridized carbons (Fsp3) is 0.222. The number of furan rings is 1. The normalized spacial score (nSPS) is 11.2. The van der Waals surface area contributed by atoms with Crippen LogP contribution >= 0.6 is 0 Å². The van der Waals surface area contributed by atoms with Crippen LogP contribution in [0.2, 0.25) is 0 Å². The summed E-state index contributed by atoms with van der Waals surface area (Å²) in [6.07, 6.45) is 1.59. The molecule has 0 unspecified atom stereocenters. The summed E-state index contributed by atoms with van der Waals surface area (Å²) >= 11 is 0. The summed E-state index contributed by atoms with van der Waals surface area (Å²) < 4.78 is 38.3. The van der Waals surface area contributed by atoms with Gasteiger partial charge >= 0.3 is 0 Å². The van der Waals surface area contributed by atoms with Crippen LogP contribution in [-0.2, 0) is 16.6 Å². The Bertz CT molecular complexity index is 1020. The van der Waals surface area contributed by atoms with Crippen molar-refractivity contribution in [3.05, 3.63) is 59.5 Å². The number of ether oxygens (including phenoxy) is 1. The van der Waals surface area contributed by atoms with E-state index in [1.807, 2.05) is 6.07 Å². The van der Waals surface area contributed by atoms with Gasteiger partial charge in [-0.2, -0.15) is 0 Å². The number of hydrogen-bond donors (Lipinski definition) is 2. The van der Waals surface area contributed by atoms with Crippen molar-refractivity contribution in [2.45, 2.75) is 25.3 Å². The molecule has 1 aromatic carbocycles. The van der Waals surface area contributed by atoms with Gasteiger partial charge in [-0.1, -0.05) is 0 Å². The van der Waals surface area contributed by atoms with Crippen LogP contribution in [0, 0.1) is 13.8 Å². The van der Waals surface area contributed by atoms with Crippen LogP contribution in [-0.4, -0.2) is 25.7 Å². The molecule has 0 aliphatic rings. The molecule has 0 amide bonds. The second kappa shape index (κ2) is 7.67. The first-order valence-electron chi connectivity index (χ1n) is 8.17. The smallest absolute Gasteiger partial charge is 0.263 e. The molecule has 0 aliphatic carbocycles. The molecular weight excluding hydrogens is 368 g/mol. The van der Waals surface area contributed by atoms with Gasteiger partial charge in [-0.05, 0) is 61.4 Å². The molecule has 0 saturated carbocycles. The van der Waals surface area contributed by atoms with Crippen LogP contribution in [0.15, 0.2) is 52.0 Å². The number of aromatic nitrogens is 2. The lowest BCUT2D eigenvalue weighted by atomic mass is 10.1. The van der Waals surface area contributed by atoms with Gasteiger partial charge in [-0.3, -0.25) is 4.72 Å². The van der Waals surface area contributed by atoms with E-state index in [9.17, 15) is 8.42 Å². The molecule has 2 heterocycles. The van der Waals surface area contributed by atoms with Crippen molar-refractivity contribution in [2.24, 2.45) is 0 Å². The number of anilines is 2. The highest BCUT2D eigenvalue weighted by Crippen LogP contribution is 2.26. The summed E-state index contributed by atoms with van der Waals surface area (Å²) in [5.41, 5.74) is 1.31. The Hall–Kier alpha value is -3.07. The van der Waals surface area contributed by atoms with Crippen molar-refractivity contribution >= 4 is 21.7 Å². The van der Waals surface area contributed by atoms with Crippen LogP contribution in [0.3, 0.4) is 0 Å². The van der Waals surface area contributed by atoms with E-state index < -0.39 is 10.0 Å². The summed E-state index contributed by atoms with van der Waals surface area (Å²) in [7, 11) is -2.25. The standard InChI is InChI=1S/C18H20N4O4S/c1-12-10-16(13(2)9-15(12)25-3)27(23,24)22-18-7-6-17(20-21-18)19-11-14-5-4-8-26-14/h4-10H,11H2,1-3H3,(H,19,20)(H,21,22). The average Bonchev–Trinajstić information content (AvgIpc) is 3.16. The predicted molar refractivity (Wildman–Crippen MR) is 101 cm³/mol. The number of sulfonamides is 1. The molecule has 0 radical (unpaired) electrons. The van der Waals surface area contributed by atoms with Crippen molar-refractivity contribution < 1.29 is 17.6 Å². The summed E-state index contributed by atoms with van der Waals surface area (Å²) in [6.45, 7) is 3.96. The molecule has 0 spiro atoms. The average molecular weight is 388 g/mol. The highest BCUT2D eigenvalue weighted by Gasteiger charge is 2.19. The summed E-state index contributed by atoms with van der Waals surface area (Å²) in [5.74, 6) is 2.03. The second-order valence-electron chi connectivity index (χ2n) is 5.93. The molecule has 3 rings (SSSR count). The monoisotopic (exact) mass is 388 g/mol. The van der Waals surface area contributed by atoms with Gasteiger partial charge in [0.2, 0.25) is 0 Å². The first kappa shape index (κ1) is 18.7. The van der Waals surface area contributed by atoms with Gasteiger partial charge in [-0.15, -0.1) is 10.2 Å². The number of benzene rings is 1. The number of rotatable bonds is 7. The van der Waals surface area contributed by atoms with Crippen LogP contribution < -0.4 is 14.8 Å². The molecule has 142 valence electrons. The molecule has 0 atom stereocenters. The second-order valence-corrected chi connectivity index (χ2v) is 7.58. The molecule has 0 aliphatic heterocycles. The Morgan fingerprint density at radius 3 is 2.44 bits per heavy atom. The lowest BCUT2D eigenvalue weighted by Gasteiger charge is -2.13. The van der Waals surface area contributed by atoms with Gasteiger partial charge in [0.05, 0.1) is 24.8 Å². The number of nitrogens with zero attached hydrogens (tertiary/aromatic N) is 2. The van der Waals surface area contributed by atoms with Crippen molar-refractivity contribution in [2.75, 3.05) is 17.1 Å². The van der Waals surface area contributed by atoms with Gasteiger partial charge in [0, 0.05) is 0 Å². The zero-order valence-electron chi connectivity index (χ0n) is 15.2. The lowest BCUT2D eigenvalue weighted by Crippen LogP contribution is -2.16. The maximum atomic E-state index is 12.7. The van der Waals surface area contributed by atoms with Crippen molar-refractivity contribution in [1.82, 2.24) is 10.2 Å². The maximum Gasteiger partial charge on any atom is 0.263 e. The van der Waals surface area contributed by atoms with Crippen molar-refractivity contribution in [1.29, 1.82) is 0 Å². The van der Waals surface area contributed by atoms with E-state index in [0.717, 1.165) is 11.3 Å². The zero-order chi connectivity index (χ0) is 19.4. The van der Waals surface area contributed by atoms with E-state index in [-0.39, 0.29) is 10.7 Å². The predicted octanol–water partition coefficient (Wildman–Crippen LogP) is 3.11. The molecule has 2 aromatic heterocycles. The Labute approximate surface area is 157 Å². The van der Waals surface area contributed by atoms with Crippen molar-refractivity contribution in [3.8, 4) is 5.75 Å². The molecule has 27 heavy (non-hydrogen) atoms. The van der Waals surface area contributed by atoms with Gasteiger partial charge < -0.3 is 14.5 Å². The van der Waals surface area contributed by atoms with E-state index in [0.29, 0.717) is 23.7 Å². The first-order valence-corrected chi connectivity index (χ1v) is 9.65. The highest BCUT2D eigenvalue weighted by molar-refractivity contribution is 7.92. The Morgan fingerprint density at radius 2 is 1.81 bits per heavy atom. The molecular formula is C18H20N4O4S. The Morgan fingerprint density at radius 1 is 1.07 bits per heavy atom. The Kier molecular flexibility index (Phi) is 5.31. The minimum Gasteiger partial charge on any atom is -0.496 e. The molecule has 0 saturated heterocycles. The third-order valence-electron chi connectivity index (χ3n) is 3.91. The minimum absolute atomic E-state index is 0.131. The van der Waals surface area contributed by atoms with E-state index in [4.69, 9.17) is 9.15 Å². The van der Waals surface area contributed by atoms with Gasteiger partial charge in [0.1, 0.15) is 17.3 Å². The molecule has 8 nitrogen and oxygen atoms in total. The quantitative estimate of drug-likeness (QED) is 0.640. The van der Waals surface area contributed by atoms with Gasteiger partial charge in [-0.25, -0.2) is 8.42 Å². The SMILES string of the molecule is COc1cc(C)c(S(=O)(=O)Nc2ccc(NCc3ccco3)nn2)cc1C. The Balaban J connectivity index is 1.73. The summed E-state index contributed by atoms with van der Waals surface area (Å²) in [4.78, 5) is 0.169. The largest absolute Gasteiger partial charge is 0.496 e. The van der Waals surface area contributed by atoms with Crippen LogP contribution in [0.1, 0.15) is 16.9 Å². The first-order chi connectivity index (χ1) is 12.9. The number of methoxy groups -OCH3 is 1. The van der Waals surface area contributed by atoms with Crippen LogP contribution in [0.4, 0.5) is 11.6 Å². The van der Waals surface area contributed by atoms with E-state index in [2.05, 4.69) is 20.2 Å². The van der Waals surface area contributed by atoms with Gasteiger partial charge in [0.25, 0.3) is 10.0 Å². The van der Waals surface area contributed by atoms with Crippen molar-refractivity contribution in [3.63, 3.8) is 0 Å². The zero-order valence-corrected chi connectivity index (χ0v) is 16.0. The third-order valence-corrected chi connectivity index (χ3v) is 5.41. The fourth-order valence-corrected chi connectivity index (χ4v) is 3.85. The van der Waals surface area contributed by atoms with E-state index >= 15 is 0 Å². The summed E-state index contributed by atoms with van der Waals surface area (Å²) in [6, 6.07) is 10.1. The lowest BCUT2D eigenvalue weighted by molar-refractivity contribution is 0.411. The molecule has 3 aromatic rings. The van der Waals surface area contributed by atoms with E-state index in [1.165, 1.54) is 0 Å².